The maximum Gasteiger partial charge on any atom is 0.336 e. The van der Waals surface area contributed by atoms with Crippen LogP contribution in [0.25, 0.3) is 10.4 Å². The number of hydrogen-bond donors (Lipinski definition) is 3. The Balaban J connectivity index is 0.000000182. The van der Waals surface area contributed by atoms with Gasteiger partial charge < -0.3 is 77.5 Å². The third kappa shape index (κ3) is 16.1. The molecule has 0 aromatic rings. The van der Waals surface area contributed by atoms with Gasteiger partial charge in [-0.2, -0.15) is 0 Å². The van der Waals surface area contributed by atoms with Crippen LogP contribution >= 0.6 is 0 Å². The lowest BCUT2D eigenvalue weighted by atomic mass is 9.75. The van der Waals surface area contributed by atoms with Gasteiger partial charge >= 0.3 is 23.9 Å². The number of amides is 3. The summed E-state index contributed by atoms with van der Waals surface area (Å²) in [7, 11) is 0. The molecule has 9 rings (SSSR count). The van der Waals surface area contributed by atoms with Gasteiger partial charge in [0.05, 0.1) is 67.7 Å². The first kappa shape index (κ1) is 68.1. The van der Waals surface area contributed by atoms with Crippen LogP contribution in [0.4, 0.5) is 0 Å². The van der Waals surface area contributed by atoms with E-state index < -0.39 is 77.1 Å². The van der Waals surface area contributed by atoms with Crippen LogP contribution in [-0.4, -0.2) is 182 Å². The van der Waals surface area contributed by atoms with Gasteiger partial charge in [-0.25, -0.2) is 14.6 Å². The highest BCUT2D eigenvalue weighted by Gasteiger charge is 2.60. The quantitative estimate of drug-likeness (QED) is 0.0591. The first-order valence-corrected chi connectivity index (χ1v) is 28.9. The van der Waals surface area contributed by atoms with Crippen LogP contribution in [0.1, 0.15) is 131 Å². The standard InChI is InChI=1S/C15H23NO5.C15H25NO5.C14H20N4O5.C14H19NO5/c1-6-19-13(18)15(5)8-7-10(16-9(2)17)11-12(15)21-14(3,4)20-11;1-6-19-14(18)10-7-8(2)11(16-9(3)17)13-12(10)20-15(4,5)21-13;1-5-21-13(20)8-6-9(17-18-15)10(16-7(2)19)12-11(8)22-14(3,4)23-12;1-5-17-13(16)8-6-9-10(15-7(2)18-9)12-11(8)19-14(3,4)20-12/h7-8,10-12H,6H2,1-5H3,(H,16,17);8,10-13H,6-7H2,1-5H3,(H,16,17);6,9-12H,5H2,1-4H3,(H,16,19);6,9-12H,5H2,1-4H3/t10-,11+,12+,15-;8-,10?,11+,12+,13-;9-,10+,11+,12-;9?,10?,11-,12+/m1001/s1. The summed E-state index contributed by atoms with van der Waals surface area (Å²) in [6, 6.07) is -2.05. The lowest BCUT2D eigenvalue weighted by Gasteiger charge is -2.40. The molecule has 27 heteroatoms. The highest BCUT2D eigenvalue weighted by atomic mass is 16.8. The molecule has 1 saturated carbocycles. The van der Waals surface area contributed by atoms with Crippen molar-refractivity contribution in [1.82, 2.24) is 16.0 Å². The number of rotatable bonds is 12. The SMILES string of the molecule is CCOC(=O)C1=CC2OC(C)=NC2[C@@H]2OC(C)(C)O[C@H]12.CCOC(=O)C1=C[C@H](N=[N+]=[N-])[C@@H](NC(C)=O)[C@@H]2OC(C)(C)O[C@H]12.CCOC(=O)C1C[C@H](C)[C@@H](NC(C)=O)[C@@H]2OC(C)(C)O[C@H]12.CCOC(=O)[C@]1(C)C=C[C@@H](NC(C)=O)[C@@H]2OC(C)(C)O[C@@H]21. The van der Waals surface area contributed by atoms with Crippen molar-refractivity contribution in [3.05, 3.63) is 45.9 Å². The Bertz CT molecular complexity index is 2680. The van der Waals surface area contributed by atoms with Crippen LogP contribution < -0.4 is 16.0 Å². The van der Waals surface area contributed by atoms with E-state index in [0.29, 0.717) is 37.7 Å². The van der Waals surface area contributed by atoms with E-state index in [2.05, 4.69) is 31.0 Å². The largest absolute Gasteiger partial charge is 0.471 e. The molecule has 17 atom stereocenters. The first-order valence-electron chi connectivity index (χ1n) is 28.9. The summed E-state index contributed by atoms with van der Waals surface area (Å²) in [6.45, 7) is 32.4. The zero-order valence-electron chi connectivity index (χ0n) is 52.0. The number of azide groups is 1. The van der Waals surface area contributed by atoms with Crippen LogP contribution in [-0.2, 0) is 95.1 Å². The fourth-order valence-corrected chi connectivity index (χ4v) is 12.0. The topological polar surface area (TPSA) is 337 Å². The minimum atomic E-state index is -0.942. The number of carbonyl (C=O) groups is 7. The van der Waals surface area contributed by atoms with E-state index in [1.807, 2.05) is 34.6 Å². The van der Waals surface area contributed by atoms with Gasteiger partial charge in [-0.1, -0.05) is 30.3 Å². The minimum Gasteiger partial charge on any atom is -0.471 e. The van der Waals surface area contributed by atoms with Gasteiger partial charge in [0.2, 0.25) is 17.7 Å². The molecule has 0 bridgehead atoms. The molecule has 4 saturated heterocycles. The number of esters is 4. The Morgan fingerprint density at radius 1 is 0.624 bits per heavy atom. The van der Waals surface area contributed by atoms with Crippen LogP contribution in [0, 0.1) is 17.3 Å². The molecule has 5 fully saturated rings. The highest BCUT2D eigenvalue weighted by molar-refractivity contribution is 5.91. The maximum atomic E-state index is 12.3. The number of nitrogens with one attached hydrogen (secondary N) is 3. The summed E-state index contributed by atoms with van der Waals surface area (Å²) in [5.41, 5.74) is 8.55. The Morgan fingerprint density at radius 2 is 1.11 bits per heavy atom. The molecule has 9 aliphatic rings. The molecule has 474 valence electrons. The maximum absolute atomic E-state index is 12.3. The van der Waals surface area contributed by atoms with Gasteiger partial charge in [0, 0.05) is 32.6 Å². The Hall–Kier alpha value is -6.03. The normalized spacial score (nSPS) is 35.7. The molecule has 0 aromatic carbocycles. The number of ether oxygens (including phenoxy) is 13. The van der Waals surface area contributed by atoms with Crippen molar-refractivity contribution in [1.29, 1.82) is 0 Å². The Kier molecular flexibility index (Phi) is 21.9. The lowest BCUT2D eigenvalue weighted by molar-refractivity contribution is -0.170. The lowest BCUT2D eigenvalue weighted by Crippen LogP contribution is -2.57. The third-order valence-corrected chi connectivity index (χ3v) is 15.1. The number of hydrogen-bond acceptors (Lipinski definition) is 22. The molecule has 0 radical (unpaired) electrons. The second-order valence-electron chi connectivity index (χ2n) is 23.8. The molecular formula is C58H87N7O20. The average molecular weight is 1200 g/mol. The summed E-state index contributed by atoms with van der Waals surface area (Å²) >= 11 is 0. The second kappa shape index (κ2) is 27.3. The molecule has 3 unspecified atom stereocenters. The van der Waals surface area contributed by atoms with Gasteiger partial charge in [-0.05, 0) is 114 Å². The van der Waals surface area contributed by atoms with Crippen molar-refractivity contribution in [3.63, 3.8) is 0 Å². The Morgan fingerprint density at radius 3 is 1.66 bits per heavy atom. The number of aliphatic imine (C=N–C) groups is 1. The van der Waals surface area contributed by atoms with Gasteiger partial charge in [-0.3, -0.25) is 24.0 Å². The van der Waals surface area contributed by atoms with Gasteiger partial charge in [-0.15, -0.1) is 0 Å². The molecule has 0 aromatic heterocycles. The predicted molar refractivity (Wildman–Crippen MR) is 300 cm³/mol. The molecular weight excluding hydrogens is 1110 g/mol. The molecule has 3 amide bonds. The summed E-state index contributed by atoms with van der Waals surface area (Å²) < 4.78 is 73.2. The third-order valence-electron chi connectivity index (χ3n) is 15.1. The summed E-state index contributed by atoms with van der Waals surface area (Å²) in [4.78, 5) is 90.2. The van der Waals surface area contributed by atoms with Crippen LogP contribution in [0.15, 0.2) is 45.6 Å². The fourth-order valence-electron chi connectivity index (χ4n) is 12.0. The van der Waals surface area contributed by atoms with Gasteiger partial charge in [0.1, 0.15) is 66.4 Å². The molecule has 4 aliphatic carbocycles. The van der Waals surface area contributed by atoms with Crippen LogP contribution in [0.5, 0.6) is 0 Å². The van der Waals surface area contributed by atoms with Gasteiger partial charge in [0.15, 0.2) is 29.0 Å². The molecule has 0 spiro atoms. The van der Waals surface area contributed by atoms with Gasteiger partial charge in [0.25, 0.3) is 0 Å². The van der Waals surface area contributed by atoms with E-state index in [1.165, 1.54) is 26.8 Å². The second-order valence-corrected chi connectivity index (χ2v) is 23.8. The zero-order valence-corrected chi connectivity index (χ0v) is 52.0. The predicted octanol–water partition coefficient (Wildman–Crippen LogP) is 4.77. The number of fused-ring (bicyclic) bond motifs is 6. The number of nitrogens with zero attached hydrogens (tertiary/aromatic N) is 4. The van der Waals surface area contributed by atoms with Crippen LogP contribution in [0.3, 0.4) is 0 Å². The highest BCUT2D eigenvalue weighted by Crippen LogP contribution is 2.46. The smallest absolute Gasteiger partial charge is 0.336 e. The summed E-state index contributed by atoms with van der Waals surface area (Å²) in [5, 5.41) is 12.1. The zero-order chi connectivity index (χ0) is 63.3. The van der Waals surface area contributed by atoms with Crippen molar-refractivity contribution in [3.8, 4) is 0 Å². The molecule has 3 N–H and O–H groups in total. The molecule has 5 aliphatic heterocycles. The van der Waals surface area contributed by atoms with Crippen molar-refractivity contribution >= 4 is 47.5 Å². The Labute approximate surface area is 496 Å². The van der Waals surface area contributed by atoms with E-state index in [1.54, 1.807) is 87.5 Å². The minimum absolute atomic E-state index is 0.103. The monoisotopic (exact) mass is 1200 g/mol. The first-order chi connectivity index (χ1) is 39.6. The number of carbonyl (C=O) groups excluding carboxylic acids is 7. The van der Waals surface area contributed by atoms with Crippen LogP contribution in [0.2, 0.25) is 0 Å². The van der Waals surface area contributed by atoms with Crippen molar-refractivity contribution < 1.29 is 95.1 Å². The van der Waals surface area contributed by atoms with E-state index in [0.717, 1.165) is 0 Å². The van der Waals surface area contributed by atoms with Crippen molar-refractivity contribution in [2.45, 2.75) is 239 Å². The molecule has 85 heavy (non-hydrogen) atoms. The summed E-state index contributed by atoms with van der Waals surface area (Å²) in [5.74, 6) is -4.98. The van der Waals surface area contributed by atoms with E-state index in [9.17, 15) is 33.6 Å². The van der Waals surface area contributed by atoms with Crippen molar-refractivity contribution in [2.24, 2.45) is 27.4 Å². The average Bonchev–Trinajstić information content (AvgIpc) is 1.84. The van der Waals surface area contributed by atoms with E-state index in [4.69, 9.17) is 67.1 Å². The van der Waals surface area contributed by atoms with E-state index in [-0.39, 0.29) is 102 Å². The van der Waals surface area contributed by atoms with Crippen molar-refractivity contribution in [2.75, 3.05) is 26.4 Å². The van der Waals surface area contributed by atoms with E-state index >= 15 is 0 Å². The summed E-state index contributed by atoms with van der Waals surface area (Å²) in [6.07, 6.45) is 3.31. The fraction of sp³-hybridized carbons (Fsp3) is 0.759. The molecule has 27 nitrogen and oxygen atoms in total. The molecule has 5 heterocycles.